The largest absolute Gasteiger partial charge is 0.370 e. The number of nitrogens with zero attached hydrogens (tertiary/aromatic N) is 4. The van der Waals surface area contributed by atoms with Gasteiger partial charge in [-0.2, -0.15) is 5.10 Å². The van der Waals surface area contributed by atoms with Gasteiger partial charge in [0.1, 0.15) is 12.1 Å². The van der Waals surface area contributed by atoms with Crippen molar-refractivity contribution in [1.82, 2.24) is 19.3 Å². The lowest BCUT2D eigenvalue weighted by Gasteiger charge is -2.08. The third-order valence-corrected chi connectivity index (χ3v) is 2.44. The molecule has 0 saturated heterocycles. The van der Waals surface area contributed by atoms with E-state index in [-0.39, 0.29) is 5.69 Å². The Balaban J connectivity index is 2.29. The zero-order valence-corrected chi connectivity index (χ0v) is 9.92. The highest BCUT2D eigenvalue weighted by atomic mass is 16.2. The fourth-order valence-corrected chi connectivity index (χ4v) is 1.58. The summed E-state index contributed by atoms with van der Waals surface area (Å²) in [6, 6.07) is 3.79. The molecule has 0 bridgehead atoms. The fraction of sp³-hybridized carbons (Fsp3) is 0.364. The number of hydrogen-bond donors (Lipinski definition) is 1. The van der Waals surface area contributed by atoms with Crippen LogP contribution < -0.4 is 11.0 Å². The highest BCUT2D eigenvalue weighted by molar-refractivity contribution is 5.43. The van der Waals surface area contributed by atoms with Crippen molar-refractivity contribution < 1.29 is 0 Å². The van der Waals surface area contributed by atoms with E-state index in [1.807, 2.05) is 19.1 Å². The summed E-state index contributed by atoms with van der Waals surface area (Å²) < 4.78 is 2.86. The summed E-state index contributed by atoms with van der Waals surface area (Å²) >= 11 is 0. The molecule has 0 aromatic carbocycles. The molecular weight excluding hydrogens is 218 g/mol. The van der Waals surface area contributed by atoms with Crippen LogP contribution in [0.1, 0.15) is 12.5 Å². The second-order valence-electron chi connectivity index (χ2n) is 3.72. The van der Waals surface area contributed by atoms with Crippen molar-refractivity contribution in [1.29, 1.82) is 0 Å². The Morgan fingerprint density at radius 3 is 2.94 bits per heavy atom. The van der Waals surface area contributed by atoms with Crippen LogP contribution in [0, 0.1) is 0 Å². The van der Waals surface area contributed by atoms with Gasteiger partial charge in [-0.25, -0.2) is 14.5 Å². The SMILES string of the molecule is CCNc1ncccc1Cn1ncn(C)c1=O. The van der Waals surface area contributed by atoms with Crippen LogP contribution >= 0.6 is 0 Å². The molecule has 17 heavy (non-hydrogen) atoms. The molecule has 6 nitrogen and oxygen atoms in total. The van der Waals surface area contributed by atoms with Crippen LogP contribution in [0.4, 0.5) is 5.82 Å². The number of anilines is 1. The lowest BCUT2D eigenvalue weighted by Crippen LogP contribution is -2.24. The van der Waals surface area contributed by atoms with Gasteiger partial charge in [-0.1, -0.05) is 6.07 Å². The van der Waals surface area contributed by atoms with Gasteiger partial charge >= 0.3 is 5.69 Å². The second kappa shape index (κ2) is 4.82. The van der Waals surface area contributed by atoms with Crippen LogP contribution in [0.2, 0.25) is 0 Å². The molecule has 2 heterocycles. The Kier molecular flexibility index (Phi) is 3.22. The van der Waals surface area contributed by atoms with Crippen LogP contribution in [0.5, 0.6) is 0 Å². The average Bonchev–Trinajstić information content (AvgIpc) is 2.64. The molecule has 0 atom stereocenters. The molecule has 0 radical (unpaired) electrons. The lowest BCUT2D eigenvalue weighted by atomic mass is 10.2. The molecular formula is C11H15N5O. The van der Waals surface area contributed by atoms with E-state index in [0.29, 0.717) is 6.54 Å². The van der Waals surface area contributed by atoms with Crippen molar-refractivity contribution >= 4 is 5.82 Å². The van der Waals surface area contributed by atoms with Gasteiger partial charge in [-0.05, 0) is 13.0 Å². The van der Waals surface area contributed by atoms with Gasteiger partial charge in [0.15, 0.2) is 0 Å². The van der Waals surface area contributed by atoms with Crippen LogP contribution in [0.3, 0.4) is 0 Å². The van der Waals surface area contributed by atoms with Crippen LogP contribution in [0.25, 0.3) is 0 Å². The molecule has 2 aromatic rings. The topological polar surface area (TPSA) is 64.7 Å². The van der Waals surface area contributed by atoms with Crippen LogP contribution in [-0.4, -0.2) is 25.9 Å². The van der Waals surface area contributed by atoms with Gasteiger partial charge < -0.3 is 5.32 Å². The third kappa shape index (κ3) is 2.35. The van der Waals surface area contributed by atoms with E-state index < -0.39 is 0 Å². The second-order valence-corrected chi connectivity index (χ2v) is 3.72. The Bertz CT molecular complexity index is 557. The first-order valence-corrected chi connectivity index (χ1v) is 5.48. The summed E-state index contributed by atoms with van der Waals surface area (Å²) in [4.78, 5) is 15.9. The molecule has 6 heteroatoms. The van der Waals surface area contributed by atoms with Gasteiger partial charge in [0, 0.05) is 25.4 Å². The zero-order valence-electron chi connectivity index (χ0n) is 9.92. The minimum atomic E-state index is -0.128. The number of aryl methyl sites for hydroxylation is 1. The molecule has 2 rings (SSSR count). The normalized spacial score (nSPS) is 10.5. The molecule has 0 aliphatic rings. The van der Waals surface area contributed by atoms with Crippen molar-refractivity contribution in [2.24, 2.45) is 7.05 Å². The highest BCUT2D eigenvalue weighted by Gasteiger charge is 2.06. The molecule has 1 N–H and O–H groups in total. The van der Waals surface area contributed by atoms with E-state index in [0.717, 1.165) is 17.9 Å². The predicted octanol–water partition coefficient (Wildman–Crippen LogP) is 0.457. The molecule has 0 saturated carbocycles. The van der Waals surface area contributed by atoms with Gasteiger partial charge in [0.25, 0.3) is 0 Å². The predicted molar refractivity (Wildman–Crippen MR) is 65.0 cm³/mol. The maximum atomic E-state index is 11.7. The maximum Gasteiger partial charge on any atom is 0.345 e. The minimum absolute atomic E-state index is 0.128. The number of pyridine rings is 1. The number of hydrogen-bond acceptors (Lipinski definition) is 4. The Morgan fingerprint density at radius 2 is 2.29 bits per heavy atom. The van der Waals surface area contributed by atoms with Gasteiger partial charge in [0.2, 0.25) is 0 Å². The van der Waals surface area contributed by atoms with Gasteiger partial charge in [-0.3, -0.25) is 4.57 Å². The van der Waals surface area contributed by atoms with E-state index in [4.69, 9.17) is 0 Å². The monoisotopic (exact) mass is 233 g/mol. The molecule has 0 aliphatic heterocycles. The molecule has 0 aliphatic carbocycles. The van der Waals surface area contributed by atoms with E-state index in [1.54, 1.807) is 13.2 Å². The van der Waals surface area contributed by atoms with Crippen molar-refractivity contribution in [2.75, 3.05) is 11.9 Å². The quantitative estimate of drug-likeness (QED) is 0.833. The summed E-state index contributed by atoms with van der Waals surface area (Å²) in [5.41, 5.74) is 0.825. The highest BCUT2D eigenvalue weighted by Crippen LogP contribution is 2.11. The van der Waals surface area contributed by atoms with E-state index in [1.165, 1.54) is 15.6 Å². The first-order chi connectivity index (χ1) is 8.22. The molecule has 2 aromatic heterocycles. The van der Waals surface area contributed by atoms with Crippen LogP contribution in [-0.2, 0) is 13.6 Å². The lowest BCUT2D eigenvalue weighted by molar-refractivity contribution is 0.646. The van der Waals surface area contributed by atoms with Crippen molar-refractivity contribution in [3.05, 3.63) is 40.7 Å². The van der Waals surface area contributed by atoms with Gasteiger partial charge in [0.05, 0.1) is 6.54 Å². The first kappa shape index (κ1) is 11.4. The smallest absolute Gasteiger partial charge is 0.345 e. The third-order valence-electron chi connectivity index (χ3n) is 2.44. The molecule has 0 unspecified atom stereocenters. The summed E-state index contributed by atoms with van der Waals surface area (Å²) in [6.07, 6.45) is 3.23. The molecule has 0 amide bonds. The number of rotatable bonds is 4. The maximum absolute atomic E-state index is 11.7. The molecule has 0 fully saturated rings. The molecule has 0 spiro atoms. The Labute approximate surface area is 98.9 Å². The van der Waals surface area contributed by atoms with Crippen molar-refractivity contribution in [3.8, 4) is 0 Å². The van der Waals surface area contributed by atoms with Gasteiger partial charge in [-0.15, -0.1) is 0 Å². The number of nitrogens with one attached hydrogen (secondary N) is 1. The minimum Gasteiger partial charge on any atom is -0.370 e. The summed E-state index contributed by atoms with van der Waals surface area (Å²) in [7, 11) is 1.68. The summed E-state index contributed by atoms with van der Waals surface area (Å²) in [5.74, 6) is 0.799. The fourth-order valence-electron chi connectivity index (χ4n) is 1.58. The van der Waals surface area contributed by atoms with Crippen molar-refractivity contribution in [3.63, 3.8) is 0 Å². The zero-order chi connectivity index (χ0) is 12.3. The van der Waals surface area contributed by atoms with Crippen LogP contribution in [0.15, 0.2) is 29.5 Å². The van der Waals surface area contributed by atoms with E-state index in [9.17, 15) is 4.79 Å². The Morgan fingerprint density at radius 1 is 1.47 bits per heavy atom. The van der Waals surface area contributed by atoms with E-state index in [2.05, 4.69) is 15.4 Å². The first-order valence-electron chi connectivity index (χ1n) is 5.48. The average molecular weight is 233 g/mol. The van der Waals surface area contributed by atoms with E-state index >= 15 is 0 Å². The molecule has 90 valence electrons. The Hall–Kier alpha value is -2.11. The van der Waals surface area contributed by atoms with Crippen molar-refractivity contribution in [2.45, 2.75) is 13.5 Å². The summed E-state index contributed by atoms with van der Waals surface area (Å²) in [5, 5.41) is 7.18. The summed E-state index contributed by atoms with van der Waals surface area (Å²) in [6.45, 7) is 3.22. The number of aromatic nitrogens is 4. The standard InChI is InChI=1S/C11H15N5O/c1-3-12-10-9(5-4-6-13-10)7-16-11(17)15(2)8-14-16/h4-6,8H,3,7H2,1-2H3,(H,12,13).